The summed E-state index contributed by atoms with van der Waals surface area (Å²) in [6, 6.07) is 3.57. The molecular weight excluding hydrogens is 286 g/mol. The van der Waals surface area contributed by atoms with E-state index < -0.39 is 10.0 Å². The van der Waals surface area contributed by atoms with Crippen LogP contribution in [0.15, 0.2) is 23.2 Å². The first-order valence-corrected chi connectivity index (χ1v) is 9.27. The van der Waals surface area contributed by atoms with Crippen LogP contribution >= 0.6 is 0 Å². The first-order chi connectivity index (χ1) is 10.1. The zero-order valence-corrected chi connectivity index (χ0v) is 13.3. The number of sulfonamides is 1. The summed E-state index contributed by atoms with van der Waals surface area (Å²) >= 11 is 0. The number of rotatable bonds is 8. The average Bonchev–Trinajstić information content (AvgIpc) is 3.36. The molecule has 0 atom stereocenters. The van der Waals surface area contributed by atoms with Gasteiger partial charge in [-0.05, 0) is 50.2 Å². The van der Waals surface area contributed by atoms with Crippen molar-refractivity contribution in [2.24, 2.45) is 5.92 Å². The Bertz CT molecular complexity index is 595. The standard InChI is InChI=1S/C15H23N3O2S/c1-2-9-16-15-14(4-3-10-17-15)21(19,20)18(13-7-8-13)11-12-5-6-12/h3-4,10,12-13H,2,5-9,11H2,1H3,(H,16,17). The van der Waals surface area contributed by atoms with Gasteiger partial charge in [-0.1, -0.05) is 6.92 Å². The van der Waals surface area contributed by atoms with E-state index in [0.29, 0.717) is 23.2 Å². The van der Waals surface area contributed by atoms with Gasteiger partial charge in [-0.3, -0.25) is 0 Å². The van der Waals surface area contributed by atoms with Crippen molar-refractivity contribution in [3.05, 3.63) is 18.3 Å². The summed E-state index contributed by atoms with van der Waals surface area (Å²) in [5.74, 6) is 1.05. The van der Waals surface area contributed by atoms with Crippen molar-refractivity contribution in [1.82, 2.24) is 9.29 Å². The Labute approximate surface area is 126 Å². The van der Waals surface area contributed by atoms with Crippen molar-refractivity contribution in [1.29, 1.82) is 0 Å². The number of pyridine rings is 1. The summed E-state index contributed by atoms with van der Waals surface area (Å²) < 4.78 is 27.7. The molecule has 0 radical (unpaired) electrons. The van der Waals surface area contributed by atoms with E-state index in [0.717, 1.165) is 38.6 Å². The molecule has 2 saturated carbocycles. The van der Waals surface area contributed by atoms with Crippen LogP contribution in [0.25, 0.3) is 0 Å². The predicted octanol–water partition coefficient (Wildman–Crippen LogP) is 2.47. The number of hydrogen-bond donors (Lipinski definition) is 1. The lowest BCUT2D eigenvalue weighted by molar-refractivity contribution is 0.389. The number of nitrogens with one attached hydrogen (secondary N) is 1. The van der Waals surface area contributed by atoms with E-state index in [1.54, 1.807) is 22.6 Å². The van der Waals surface area contributed by atoms with Gasteiger partial charge in [-0.2, -0.15) is 4.31 Å². The highest BCUT2D eigenvalue weighted by atomic mass is 32.2. The molecule has 2 aliphatic carbocycles. The van der Waals surface area contributed by atoms with E-state index in [-0.39, 0.29) is 6.04 Å². The van der Waals surface area contributed by atoms with Crippen LogP contribution in [0.3, 0.4) is 0 Å². The fourth-order valence-corrected chi connectivity index (χ4v) is 4.34. The van der Waals surface area contributed by atoms with Crippen LogP contribution in [-0.2, 0) is 10.0 Å². The molecule has 3 rings (SSSR count). The molecule has 0 bridgehead atoms. The molecule has 2 aliphatic rings. The van der Waals surface area contributed by atoms with Crippen molar-refractivity contribution in [3.8, 4) is 0 Å². The summed E-state index contributed by atoms with van der Waals surface area (Å²) in [7, 11) is -3.45. The lowest BCUT2D eigenvalue weighted by atomic mass is 10.4. The number of aromatic nitrogens is 1. The number of hydrogen-bond acceptors (Lipinski definition) is 4. The van der Waals surface area contributed by atoms with Gasteiger partial charge in [-0.15, -0.1) is 0 Å². The van der Waals surface area contributed by atoms with E-state index in [1.807, 2.05) is 6.92 Å². The fourth-order valence-electron chi connectivity index (χ4n) is 2.46. The van der Waals surface area contributed by atoms with Crippen LogP contribution < -0.4 is 5.32 Å². The highest BCUT2D eigenvalue weighted by Crippen LogP contribution is 2.38. The van der Waals surface area contributed by atoms with Gasteiger partial charge >= 0.3 is 0 Å². The largest absolute Gasteiger partial charge is 0.369 e. The molecule has 116 valence electrons. The van der Waals surface area contributed by atoms with Gasteiger partial charge in [0.15, 0.2) is 0 Å². The minimum absolute atomic E-state index is 0.204. The molecule has 0 unspecified atom stereocenters. The van der Waals surface area contributed by atoms with Crippen molar-refractivity contribution < 1.29 is 8.42 Å². The van der Waals surface area contributed by atoms with Gasteiger partial charge in [0, 0.05) is 25.3 Å². The maximum absolute atomic E-state index is 13.0. The quantitative estimate of drug-likeness (QED) is 0.801. The molecule has 0 aliphatic heterocycles. The third-order valence-electron chi connectivity index (χ3n) is 3.99. The van der Waals surface area contributed by atoms with Gasteiger partial charge in [0.05, 0.1) is 0 Å². The first-order valence-electron chi connectivity index (χ1n) is 7.83. The van der Waals surface area contributed by atoms with Gasteiger partial charge in [-0.25, -0.2) is 13.4 Å². The minimum Gasteiger partial charge on any atom is -0.369 e. The number of anilines is 1. The zero-order valence-electron chi connectivity index (χ0n) is 12.5. The average molecular weight is 309 g/mol. The van der Waals surface area contributed by atoms with Gasteiger partial charge in [0.1, 0.15) is 10.7 Å². The monoisotopic (exact) mass is 309 g/mol. The minimum atomic E-state index is -3.45. The molecule has 0 aromatic carbocycles. The molecule has 1 aromatic heterocycles. The molecule has 2 fully saturated rings. The van der Waals surface area contributed by atoms with Gasteiger partial charge in [0.25, 0.3) is 0 Å². The summed E-state index contributed by atoms with van der Waals surface area (Å²) in [6.07, 6.45) is 6.87. The topological polar surface area (TPSA) is 62.3 Å². The summed E-state index contributed by atoms with van der Waals surface area (Å²) in [5.41, 5.74) is 0. The van der Waals surface area contributed by atoms with Crippen molar-refractivity contribution in [2.75, 3.05) is 18.4 Å². The molecule has 1 heterocycles. The van der Waals surface area contributed by atoms with Crippen LogP contribution in [-0.4, -0.2) is 36.8 Å². The van der Waals surface area contributed by atoms with Crippen molar-refractivity contribution >= 4 is 15.8 Å². The maximum atomic E-state index is 13.0. The SMILES string of the molecule is CCCNc1ncccc1S(=O)(=O)N(CC1CC1)C1CC1. The van der Waals surface area contributed by atoms with E-state index in [2.05, 4.69) is 10.3 Å². The molecular formula is C15H23N3O2S. The molecule has 21 heavy (non-hydrogen) atoms. The molecule has 0 amide bonds. The van der Waals surface area contributed by atoms with Gasteiger partial charge in [0.2, 0.25) is 10.0 Å². The lowest BCUT2D eigenvalue weighted by Gasteiger charge is -2.23. The second-order valence-corrected chi connectivity index (χ2v) is 7.89. The van der Waals surface area contributed by atoms with E-state index in [1.165, 1.54) is 0 Å². The Morgan fingerprint density at radius 1 is 1.33 bits per heavy atom. The Hall–Kier alpha value is -1.14. The zero-order chi connectivity index (χ0) is 14.9. The molecule has 0 spiro atoms. The van der Waals surface area contributed by atoms with Gasteiger partial charge < -0.3 is 5.32 Å². The van der Waals surface area contributed by atoms with Crippen LogP contribution in [0.5, 0.6) is 0 Å². The van der Waals surface area contributed by atoms with Crippen LogP contribution in [0.1, 0.15) is 39.0 Å². The van der Waals surface area contributed by atoms with Crippen LogP contribution in [0.2, 0.25) is 0 Å². The number of nitrogens with zero attached hydrogens (tertiary/aromatic N) is 2. The molecule has 6 heteroatoms. The second kappa shape index (κ2) is 5.93. The Morgan fingerprint density at radius 2 is 2.10 bits per heavy atom. The summed E-state index contributed by atoms with van der Waals surface area (Å²) in [5, 5.41) is 3.14. The van der Waals surface area contributed by atoms with E-state index >= 15 is 0 Å². The fraction of sp³-hybridized carbons (Fsp3) is 0.667. The third kappa shape index (κ3) is 3.37. The first kappa shape index (κ1) is 14.8. The van der Waals surface area contributed by atoms with Crippen molar-refractivity contribution in [2.45, 2.75) is 50.0 Å². The summed E-state index contributed by atoms with van der Waals surface area (Å²) in [4.78, 5) is 4.55. The molecule has 5 nitrogen and oxygen atoms in total. The maximum Gasteiger partial charge on any atom is 0.247 e. The van der Waals surface area contributed by atoms with E-state index in [4.69, 9.17) is 0 Å². The highest BCUT2D eigenvalue weighted by molar-refractivity contribution is 7.89. The molecule has 1 N–H and O–H groups in total. The smallest absolute Gasteiger partial charge is 0.247 e. The normalized spacial score (nSPS) is 19.0. The highest BCUT2D eigenvalue weighted by Gasteiger charge is 2.41. The molecule has 0 saturated heterocycles. The van der Waals surface area contributed by atoms with Crippen molar-refractivity contribution in [3.63, 3.8) is 0 Å². The Kier molecular flexibility index (Phi) is 4.17. The molecule has 1 aromatic rings. The predicted molar refractivity (Wildman–Crippen MR) is 82.7 cm³/mol. The summed E-state index contributed by atoms with van der Waals surface area (Å²) in [6.45, 7) is 3.45. The Morgan fingerprint density at radius 3 is 2.71 bits per heavy atom. The van der Waals surface area contributed by atoms with Crippen LogP contribution in [0, 0.1) is 5.92 Å². The third-order valence-corrected chi connectivity index (χ3v) is 5.94. The van der Waals surface area contributed by atoms with Crippen LogP contribution in [0.4, 0.5) is 5.82 Å². The lowest BCUT2D eigenvalue weighted by Crippen LogP contribution is -2.35. The Balaban J connectivity index is 1.88. The van der Waals surface area contributed by atoms with E-state index in [9.17, 15) is 8.42 Å². The second-order valence-electron chi connectivity index (χ2n) is 6.03.